The molecule has 0 bridgehead atoms. The Hall–Kier alpha value is -1.62. The van der Waals surface area contributed by atoms with Crippen LogP contribution in [-0.4, -0.2) is 41.9 Å². The average Bonchev–Trinajstić information content (AvgIpc) is 2.41. The van der Waals surface area contributed by atoms with Crippen molar-refractivity contribution < 1.29 is 14.6 Å². The van der Waals surface area contributed by atoms with E-state index in [9.17, 15) is 4.79 Å². The summed E-state index contributed by atoms with van der Waals surface area (Å²) in [6.07, 6.45) is 5.81. The highest BCUT2D eigenvalue weighted by Crippen LogP contribution is 2.30. The molecule has 110 valence electrons. The van der Waals surface area contributed by atoms with Gasteiger partial charge in [0.1, 0.15) is 11.4 Å². The Morgan fingerprint density at radius 2 is 2.35 bits per heavy atom. The number of nitrogens with zero attached hydrogens (tertiary/aromatic N) is 2. The van der Waals surface area contributed by atoms with E-state index in [1.54, 1.807) is 25.3 Å². The number of hydrogen-bond acceptors (Lipinski definition) is 5. The van der Waals surface area contributed by atoms with Gasteiger partial charge < -0.3 is 14.7 Å². The van der Waals surface area contributed by atoms with Crippen LogP contribution in [0.5, 0.6) is 0 Å². The van der Waals surface area contributed by atoms with E-state index in [-0.39, 0.29) is 12.6 Å². The lowest BCUT2D eigenvalue weighted by molar-refractivity contribution is 0.0526. The number of aliphatic hydroxyl groups is 1. The van der Waals surface area contributed by atoms with Crippen LogP contribution in [0.2, 0.25) is 0 Å². The maximum Gasteiger partial charge on any atom is 0.341 e. The minimum Gasteiger partial charge on any atom is -0.462 e. The third-order valence-corrected chi connectivity index (χ3v) is 3.63. The number of carbonyl (C=O) groups is 1. The standard InChI is InChI=1S/C15H22N2O3/c1-2-20-15(19)13-8-4-9-16-14(13)17(10-5-11-18)12-6-3-7-12/h4,8-9,12,18H,2-3,5-7,10-11H2,1H3. The first-order chi connectivity index (χ1) is 9.77. The smallest absolute Gasteiger partial charge is 0.341 e. The second-order valence-corrected chi connectivity index (χ2v) is 4.95. The summed E-state index contributed by atoms with van der Waals surface area (Å²) < 4.78 is 5.10. The number of hydrogen-bond donors (Lipinski definition) is 1. The Balaban J connectivity index is 2.24. The summed E-state index contributed by atoms with van der Waals surface area (Å²) in [7, 11) is 0. The third-order valence-electron chi connectivity index (χ3n) is 3.63. The van der Waals surface area contributed by atoms with Gasteiger partial charge >= 0.3 is 5.97 Å². The van der Waals surface area contributed by atoms with Gasteiger partial charge in [0.2, 0.25) is 0 Å². The third kappa shape index (κ3) is 3.28. The van der Waals surface area contributed by atoms with Gasteiger partial charge in [-0.05, 0) is 44.7 Å². The van der Waals surface area contributed by atoms with Crippen LogP contribution in [0.25, 0.3) is 0 Å². The van der Waals surface area contributed by atoms with E-state index in [4.69, 9.17) is 9.84 Å². The second kappa shape index (κ2) is 7.24. The maximum atomic E-state index is 12.0. The number of anilines is 1. The summed E-state index contributed by atoms with van der Waals surface area (Å²) in [6, 6.07) is 3.93. The molecule has 0 atom stereocenters. The number of ether oxygens (including phenoxy) is 1. The summed E-state index contributed by atoms with van der Waals surface area (Å²) >= 11 is 0. The minimum absolute atomic E-state index is 0.144. The molecule has 1 fully saturated rings. The molecular formula is C15H22N2O3. The Bertz CT molecular complexity index is 446. The van der Waals surface area contributed by atoms with Crippen LogP contribution in [-0.2, 0) is 4.74 Å². The van der Waals surface area contributed by atoms with E-state index in [1.807, 2.05) is 0 Å². The number of pyridine rings is 1. The van der Waals surface area contributed by atoms with Crippen molar-refractivity contribution in [1.29, 1.82) is 0 Å². The van der Waals surface area contributed by atoms with Gasteiger partial charge in [-0.1, -0.05) is 0 Å². The number of rotatable bonds is 7. The zero-order valence-electron chi connectivity index (χ0n) is 11.9. The molecule has 2 rings (SSSR count). The normalized spacial score (nSPS) is 14.7. The van der Waals surface area contributed by atoms with Crippen molar-refractivity contribution in [3.05, 3.63) is 23.9 Å². The number of aliphatic hydroxyl groups excluding tert-OH is 1. The fourth-order valence-electron chi connectivity index (χ4n) is 2.39. The predicted molar refractivity (Wildman–Crippen MR) is 76.9 cm³/mol. The Morgan fingerprint density at radius 3 is 2.95 bits per heavy atom. The van der Waals surface area contributed by atoms with E-state index < -0.39 is 0 Å². The fraction of sp³-hybridized carbons (Fsp3) is 0.600. The lowest BCUT2D eigenvalue weighted by Gasteiger charge is -2.39. The molecule has 1 saturated carbocycles. The van der Waals surface area contributed by atoms with Crippen LogP contribution in [0.3, 0.4) is 0 Å². The van der Waals surface area contributed by atoms with Crippen LogP contribution < -0.4 is 4.90 Å². The van der Waals surface area contributed by atoms with Gasteiger partial charge in [-0.2, -0.15) is 0 Å². The van der Waals surface area contributed by atoms with Crippen molar-refractivity contribution in [3.63, 3.8) is 0 Å². The Labute approximate surface area is 119 Å². The first kappa shape index (κ1) is 14.8. The largest absolute Gasteiger partial charge is 0.462 e. The predicted octanol–water partition coefficient (Wildman–Crippen LogP) is 2.00. The van der Waals surface area contributed by atoms with Crippen LogP contribution in [0.4, 0.5) is 5.82 Å². The van der Waals surface area contributed by atoms with Crippen LogP contribution >= 0.6 is 0 Å². The Morgan fingerprint density at radius 1 is 1.55 bits per heavy atom. The van der Waals surface area contributed by atoms with Gasteiger partial charge in [0.05, 0.1) is 6.61 Å². The lowest BCUT2D eigenvalue weighted by Crippen LogP contribution is -2.42. The molecule has 5 heteroatoms. The van der Waals surface area contributed by atoms with Crippen molar-refractivity contribution in [3.8, 4) is 0 Å². The van der Waals surface area contributed by atoms with Gasteiger partial charge in [-0.15, -0.1) is 0 Å². The molecule has 0 radical (unpaired) electrons. The average molecular weight is 278 g/mol. The molecule has 20 heavy (non-hydrogen) atoms. The highest BCUT2D eigenvalue weighted by molar-refractivity contribution is 5.94. The molecule has 1 aliphatic rings. The molecule has 0 spiro atoms. The molecule has 1 aliphatic carbocycles. The molecule has 5 nitrogen and oxygen atoms in total. The molecule has 1 heterocycles. The molecule has 0 aromatic carbocycles. The van der Waals surface area contributed by atoms with Gasteiger partial charge in [-0.3, -0.25) is 0 Å². The molecule has 1 N–H and O–H groups in total. The Kier molecular flexibility index (Phi) is 5.35. The molecular weight excluding hydrogens is 256 g/mol. The summed E-state index contributed by atoms with van der Waals surface area (Å²) in [4.78, 5) is 18.6. The van der Waals surface area contributed by atoms with Gasteiger partial charge in [0.15, 0.2) is 0 Å². The summed E-state index contributed by atoms with van der Waals surface area (Å²) in [6.45, 7) is 3.01. The van der Waals surface area contributed by atoms with Gasteiger partial charge in [-0.25, -0.2) is 9.78 Å². The molecule has 1 aromatic rings. The highest BCUT2D eigenvalue weighted by atomic mass is 16.5. The maximum absolute atomic E-state index is 12.0. The molecule has 0 saturated heterocycles. The van der Waals surface area contributed by atoms with Crippen LogP contribution in [0.15, 0.2) is 18.3 Å². The molecule has 1 aromatic heterocycles. The van der Waals surface area contributed by atoms with Crippen molar-refractivity contribution in [2.75, 3.05) is 24.7 Å². The van der Waals surface area contributed by atoms with E-state index in [0.29, 0.717) is 37.0 Å². The SMILES string of the molecule is CCOC(=O)c1cccnc1N(CCCO)C1CCC1. The number of carbonyl (C=O) groups excluding carboxylic acids is 1. The van der Waals surface area contributed by atoms with Crippen LogP contribution in [0, 0.1) is 0 Å². The topological polar surface area (TPSA) is 62.7 Å². The molecule has 0 aliphatic heterocycles. The number of aromatic nitrogens is 1. The van der Waals surface area contributed by atoms with Gasteiger partial charge in [0.25, 0.3) is 0 Å². The zero-order valence-corrected chi connectivity index (χ0v) is 11.9. The van der Waals surface area contributed by atoms with E-state index in [1.165, 1.54) is 6.42 Å². The van der Waals surface area contributed by atoms with Gasteiger partial charge in [0, 0.05) is 25.4 Å². The lowest BCUT2D eigenvalue weighted by atomic mass is 9.91. The summed E-state index contributed by atoms with van der Waals surface area (Å²) in [5.74, 6) is 0.355. The number of esters is 1. The minimum atomic E-state index is -0.330. The zero-order chi connectivity index (χ0) is 14.4. The van der Waals surface area contributed by atoms with E-state index >= 15 is 0 Å². The molecule has 0 unspecified atom stereocenters. The second-order valence-electron chi connectivity index (χ2n) is 4.95. The summed E-state index contributed by atoms with van der Waals surface area (Å²) in [5.41, 5.74) is 0.513. The first-order valence-corrected chi connectivity index (χ1v) is 7.27. The van der Waals surface area contributed by atoms with Crippen molar-refractivity contribution in [2.45, 2.75) is 38.6 Å². The van der Waals surface area contributed by atoms with Crippen molar-refractivity contribution in [2.24, 2.45) is 0 Å². The van der Waals surface area contributed by atoms with E-state index in [2.05, 4.69) is 9.88 Å². The fourth-order valence-corrected chi connectivity index (χ4v) is 2.39. The highest BCUT2D eigenvalue weighted by Gasteiger charge is 2.28. The summed E-state index contributed by atoms with van der Waals surface area (Å²) in [5, 5.41) is 9.06. The van der Waals surface area contributed by atoms with E-state index in [0.717, 1.165) is 12.8 Å². The van der Waals surface area contributed by atoms with Crippen molar-refractivity contribution >= 4 is 11.8 Å². The van der Waals surface area contributed by atoms with Crippen LogP contribution in [0.1, 0.15) is 43.0 Å². The monoisotopic (exact) mass is 278 g/mol. The molecule has 0 amide bonds. The quantitative estimate of drug-likeness (QED) is 0.773. The van der Waals surface area contributed by atoms with Crippen molar-refractivity contribution in [1.82, 2.24) is 4.98 Å². The first-order valence-electron chi connectivity index (χ1n) is 7.27.